The zero-order valence-corrected chi connectivity index (χ0v) is 9.72. The van der Waals surface area contributed by atoms with Gasteiger partial charge in [0.25, 0.3) is 0 Å². The molecule has 0 aliphatic rings. The maximum Gasteiger partial charge on any atom is 0.233 e. The van der Waals surface area contributed by atoms with Crippen molar-refractivity contribution in [1.82, 2.24) is 10.6 Å². The van der Waals surface area contributed by atoms with E-state index in [4.69, 9.17) is 0 Å². The van der Waals surface area contributed by atoms with Gasteiger partial charge in [-0.3, -0.25) is 4.79 Å². The normalized spacial score (nSPS) is 10.3. The van der Waals surface area contributed by atoms with Gasteiger partial charge in [0.1, 0.15) is 0 Å². The van der Waals surface area contributed by atoms with Gasteiger partial charge in [0.05, 0.1) is 6.54 Å². The largest absolute Gasteiger partial charge is 0.355 e. The smallest absolute Gasteiger partial charge is 0.233 e. The molecule has 0 bridgehead atoms. The van der Waals surface area contributed by atoms with Crippen molar-refractivity contribution in [2.24, 2.45) is 0 Å². The predicted octanol–water partition coefficient (Wildman–Crippen LogP) is 1.23. The van der Waals surface area contributed by atoms with E-state index >= 15 is 0 Å². The number of amides is 1. The standard InChI is InChI=1S/C12H16F2N2O/c1-2-15-8-12(17)16-6-5-9-3-4-10(13)11(14)7-9/h3-4,7,15H,2,5-6,8H2,1H3,(H,16,17). The lowest BCUT2D eigenvalue weighted by atomic mass is 10.1. The molecular weight excluding hydrogens is 226 g/mol. The van der Waals surface area contributed by atoms with Crippen LogP contribution in [0.5, 0.6) is 0 Å². The molecule has 0 aliphatic carbocycles. The van der Waals surface area contributed by atoms with E-state index in [9.17, 15) is 13.6 Å². The molecule has 0 fully saturated rings. The van der Waals surface area contributed by atoms with Crippen molar-refractivity contribution >= 4 is 5.91 Å². The van der Waals surface area contributed by atoms with Crippen molar-refractivity contribution in [3.05, 3.63) is 35.4 Å². The van der Waals surface area contributed by atoms with Gasteiger partial charge in [-0.15, -0.1) is 0 Å². The zero-order valence-electron chi connectivity index (χ0n) is 9.72. The lowest BCUT2D eigenvalue weighted by molar-refractivity contribution is -0.120. The van der Waals surface area contributed by atoms with Crippen molar-refractivity contribution in [3.8, 4) is 0 Å². The number of nitrogens with one attached hydrogen (secondary N) is 2. The van der Waals surface area contributed by atoms with Gasteiger partial charge in [0, 0.05) is 6.54 Å². The average Bonchev–Trinajstić information content (AvgIpc) is 2.31. The molecule has 0 spiro atoms. The van der Waals surface area contributed by atoms with E-state index < -0.39 is 11.6 Å². The Hall–Kier alpha value is -1.49. The van der Waals surface area contributed by atoms with Gasteiger partial charge >= 0.3 is 0 Å². The van der Waals surface area contributed by atoms with E-state index in [0.29, 0.717) is 18.5 Å². The molecule has 3 nitrogen and oxygen atoms in total. The lowest BCUT2D eigenvalue weighted by Crippen LogP contribution is -2.34. The molecule has 94 valence electrons. The van der Waals surface area contributed by atoms with Crippen LogP contribution in [0.1, 0.15) is 12.5 Å². The van der Waals surface area contributed by atoms with Crippen LogP contribution >= 0.6 is 0 Å². The summed E-state index contributed by atoms with van der Waals surface area (Å²) in [6, 6.07) is 3.74. The van der Waals surface area contributed by atoms with Crippen LogP contribution in [0.3, 0.4) is 0 Å². The molecule has 1 aromatic rings. The third kappa shape index (κ3) is 4.91. The molecule has 1 rings (SSSR count). The summed E-state index contributed by atoms with van der Waals surface area (Å²) in [5.74, 6) is -1.82. The topological polar surface area (TPSA) is 41.1 Å². The fourth-order valence-electron chi connectivity index (χ4n) is 1.34. The number of hydrogen-bond acceptors (Lipinski definition) is 2. The molecule has 1 amide bonds. The quantitative estimate of drug-likeness (QED) is 0.788. The average molecular weight is 242 g/mol. The molecule has 0 aromatic heterocycles. The van der Waals surface area contributed by atoms with Gasteiger partial charge in [-0.1, -0.05) is 13.0 Å². The number of halogens is 2. The van der Waals surface area contributed by atoms with E-state index in [-0.39, 0.29) is 12.5 Å². The molecule has 5 heteroatoms. The fraction of sp³-hybridized carbons (Fsp3) is 0.417. The Balaban J connectivity index is 2.30. The molecule has 0 radical (unpaired) electrons. The van der Waals surface area contributed by atoms with Gasteiger partial charge in [0.2, 0.25) is 5.91 Å². The summed E-state index contributed by atoms with van der Waals surface area (Å²) in [5, 5.41) is 5.57. The summed E-state index contributed by atoms with van der Waals surface area (Å²) >= 11 is 0. The Labute approximate surface area is 99.2 Å². The van der Waals surface area contributed by atoms with Crippen molar-refractivity contribution in [1.29, 1.82) is 0 Å². The van der Waals surface area contributed by atoms with Gasteiger partial charge < -0.3 is 10.6 Å². The number of rotatable bonds is 6. The molecular formula is C12H16F2N2O. The summed E-state index contributed by atoms with van der Waals surface area (Å²) in [6.07, 6.45) is 0.481. The molecule has 0 unspecified atom stereocenters. The third-order valence-corrected chi connectivity index (χ3v) is 2.26. The summed E-state index contributed by atoms with van der Waals surface area (Å²) < 4.78 is 25.5. The highest BCUT2D eigenvalue weighted by molar-refractivity contribution is 5.77. The van der Waals surface area contributed by atoms with Gasteiger partial charge in [0.15, 0.2) is 11.6 Å². The van der Waals surface area contributed by atoms with Crippen LogP contribution in [0.25, 0.3) is 0 Å². The van der Waals surface area contributed by atoms with E-state index in [1.54, 1.807) is 0 Å². The van der Waals surface area contributed by atoms with Crippen molar-refractivity contribution in [2.45, 2.75) is 13.3 Å². The van der Waals surface area contributed by atoms with Crippen LogP contribution in [0.4, 0.5) is 8.78 Å². The summed E-state index contributed by atoms with van der Waals surface area (Å²) in [4.78, 5) is 11.2. The number of carbonyl (C=O) groups is 1. The highest BCUT2D eigenvalue weighted by Gasteiger charge is 2.03. The molecule has 17 heavy (non-hydrogen) atoms. The Morgan fingerprint density at radius 2 is 2.06 bits per heavy atom. The molecule has 0 aliphatic heterocycles. The van der Waals surface area contributed by atoms with E-state index in [1.165, 1.54) is 6.07 Å². The van der Waals surface area contributed by atoms with E-state index in [2.05, 4.69) is 10.6 Å². The number of hydrogen-bond donors (Lipinski definition) is 2. The zero-order chi connectivity index (χ0) is 12.7. The minimum atomic E-state index is -0.860. The second kappa shape index (κ2) is 6.96. The first kappa shape index (κ1) is 13.6. The Kier molecular flexibility index (Phi) is 5.56. The third-order valence-electron chi connectivity index (χ3n) is 2.26. The number of likely N-dealkylation sites (N-methyl/N-ethyl adjacent to an activating group) is 1. The molecule has 0 heterocycles. The Bertz CT molecular complexity index is 383. The fourth-order valence-corrected chi connectivity index (χ4v) is 1.34. The SMILES string of the molecule is CCNCC(=O)NCCc1ccc(F)c(F)c1. The van der Waals surface area contributed by atoms with Crippen LogP contribution in [0.2, 0.25) is 0 Å². The van der Waals surface area contributed by atoms with Crippen LogP contribution < -0.4 is 10.6 Å². The van der Waals surface area contributed by atoms with Crippen LogP contribution in [0.15, 0.2) is 18.2 Å². The van der Waals surface area contributed by atoms with E-state index in [0.717, 1.165) is 18.7 Å². The first-order valence-electron chi connectivity index (χ1n) is 5.54. The minimum absolute atomic E-state index is 0.102. The first-order valence-corrected chi connectivity index (χ1v) is 5.54. The van der Waals surface area contributed by atoms with Crippen molar-refractivity contribution < 1.29 is 13.6 Å². The monoisotopic (exact) mass is 242 g/mol. The summed E-state index contributed by atoms with van der Waals surface area (Å²) in [6.45, 7) is 3.33. The van der Waals surface area contributed by atoms with Gasteiger partial charge in [-0.2, -0.15) is 0 Å². The Morgan fingerprint density at radius 3 is 2.71 bits per heavy atom. The molecule has 0 atom stereocenters. The lowest BCUT2D eigenvalue weighted by Gasteiger charge is -2.06. The van der Waals surface area contributed by atoms with Crippen molar-refractivity contribution in [2.75, 3.05) is 19.6 Å². The summed E-state index contributed by atoms with van der Waals surface area (Å²) in [5.41, 5.74) is 0.660. The van der Waals surface area contributed by atoms with Crippen LogP contribution in [0, 0.1) is 11.6 Å². The molecule has 0 saturated heterocycles. The van der Waals surface area contributed by atoms with Gasteiger partial charge in [-0.05, 0) is 30.7 Å². The highest BCUT2D eigenvalue weighted by Crippen LogP contribution is 2.08. The minimum Gasteiger partial charge on any atom is -0.355 e. The van der Waals surface area contributed by atoms with Crippen LogP contribution in [-0.2, 0) is 11.2 Å². The first-order chi connectivity index (χ1) is 8.13. The highest BCUT2D eigenvalue weighted by atomic mass is 19.2. The second-order valence-electron chi connectivity index (χ2n) is 3.63. The second-order valence-corrected chi connectivity index (χ2v) is 3.63. The molecule has 2 N–H and O–H groups in total. The Morgan fingerprint density at radius 1 is 1.29 bits per heavy atom. The molecule has 1 aromatic carbocycles. The predicted molar refractivity (Wildman–Crippen MR) is 61.6 cm³/mol. The van der Waals surface area contributed by atoms with Crippen molar-refractivity contribution in [3.63, 3.8) is 0 Å². The summed E-state index contributed by atoms with van der Waals surface area (Å²) in [7, 11) is 0. The number of carbonyl (C=O) groups excluding carboxylic acids is 1. The maximum absolute atomic E-state index is 12.9. The molecule has 0 saturated carbocycles. The van der Waals surface area contributed by atoms with E-state index in [1.807, 2.05) is 6.92 Å². The van der Waals surface area contributed by atoms with Crippen LogP contribution in [-0.4, -0.2) is 25.5 Å². The van der Waals surface area contributed by atoms with Gasteiger partial charge in [-0.25, -0.2) is 8.78 Å². The number of benzene rings is 1. The maximum atomic E-state index is 12.9.